The number of alkyl halides is 1. The molecule has 1 atom stereocenters. The largest absolute Gasteiger partial charge is 1.00 e. The average molecular weight is 572 g/mol. The van der Waals surface area contributed by atoms with Gasteiger partial charge in [0.25, 0.3) is 0 Å². The molecule has 2 rings (SSSR count). The van der Waals surface area contributed by atoms with Gasteiger partial charge in [-0.15, -0.1) is 11.6 Å². The summed E-state index contributed by atoms with van der Waals surface area (Å²) in [5.41, 5.74) is 0. The van der Waals surface area contributed by atoms with Crippen LogP contribution >= 0.6 is 11.6 Å². The van der Waals surface area contributed by atoms with Crippen molar-refractivity contribution in [3.05, 3.63) is 24.8 Å². The van der Waals surface area contributed by atoms with Crippen molar-refractivity contribution in [3.63, 3.8) is 0 Å². The topological polar surface area (TPSA) is 97.9 Å². The van der Waals surface area contributed by atoms with Crippen LogP contribution in [0.3, 0.4) is 0 Å². The number of unbranched alkanes of at least 4 members (excludes halogenated alkanes) is 2. The molecule has 0 aromatic rings. The minimum absolute atomic E-state index is 0. The second kappa shape index (κ2) is 30.4. The van der Waals surface area contributed by atoms with Crippen LogP contribution in [0.1, 0.15) is 39.5 Å². The standard InChI is InChI=1S/2C8H16N2.C2H6O3S.CH3Cl.CH4O3S.ClH/c2*1-3-4-5-10-7-6-9(2)8-10;1-4-6(3)5-2;1-2;1-4-5(2)3;/h2*6-7H,3-5,8H2,1-2H3;1-2H3;1H3;1H3,(H,2,3);1H/p-2. The molecule has 208 valence electrons. The molecule has 0 aromatic heterocycles. The first-order chi connectivity index (χ1) is 15.7. The highest BCUT2D eigenvalue weighted by Crippen LogP contribution is 2.05. The SMILES string of the molecule is CCCCN1C=CN(C)C1.CCCCN1C=CN(C)C1.CCl.COS(=O)OC.COS(=O)[O-].[Cl-]. The molecule has 2 aliphatic rings. The fourth-order valence-electron chi connectivity index (χ4n) is 2.26. The van der Waals surface area contributed by atoms with Crippen molar-refractivity contribution in [1.82, 2.24) is 19.6 Å². The molecule has 0 aliphatic carbocycles. The van der Waals surface area contributed by atoms with Gasteiger partial charge in [0.1, 0.15) is 0 Å². The van der Waals surface area contributed by atoms with Gasteiger partial charge in [-0.1, -0.05) is 26.7 Å². The molecule has 34 heavy (non-hydrogen) atoms. The van der Waals surface area contributed by atoms with Crippen molar-refractivity contribution in [2.45, 2.75) is 39.5 Å². The maximum atomic E-state index is 9.85. The lowest BCUT2D eigenvalue weighted by atomic mass is 10.3. The summed E-state index contributed by atoms with van der Waals surface area (Å²) in [6, 6.07) is 0. The molecule has 0 saturated carbocycles. The van der Waals surface area contributed by atoms with Crippen molar-refractivity contribution in [2.75, 3.05) is 68.2 Å². The van der Waals surface area contributed by atoms with E-state index in [4.69, 9.17) is 8.76 Å². The third kappa shape index (κ3) is 29.4. The zero-order chi connectivity index (χ0) is 26.1. The monoisotopic (exact) mass is 570 g/mol. The lowest BCUT2D eigenvalue weighted by Gasteiger charge is -2.17. The summed E-state index contributed by atoms with van der Waals surface area (Å²) in [5.74, 6) is 0. The molecule has 10 nitrogen and oxygen atoms in total. The number of rotatable bonds is 9. The summed E-state index contributed by atoms with van der Waals surface area (Å²) in [5, 5.41) is 0. The average Bonchev–Trinajstić information content (AvgIpc) is 3.45. The second-order valence-corrected chi connectivity index (χ2v) is 8.45. The molecule has 0 spiro atoms. The number of halogens is 2. The Morgan fingerprint density at radius 1 is 0.794 bits per heavy atom. The Morgan fingerprint density at radius 2 is 1.12 bits per heavy atom. The number of hydrogen-bond acceptors (Lipinski definition) is 10. The van der Waals surface area contributed by atoms with E-state index in [-0.39, 0.29) is 12.4 Å². The van der Waals surface area contributed by atoms with E-state index in [1.165, 1.54) is 59.4 Å². The minimum atomic E-state index is -2.32. The zero-order valence-electron chi connectivity index (χ0n) is 21.8. The van der Waals surface area contributed by atoms with E-state index in [0.717, 1.165) is 20.4 Å². The smallest absolute Gasteiger partial charge is 0.304 e. The molecule has 0 radical (unpaired) electrons. The third-order valence-electron chi connectivity index (χ3n) is 3.88. The normalized spacial score (nSPS) is 14.1. The Hall–Kier alpha value is -0.600. The Labute approximate surface area is 224 Å². The summed E-state index contributed by atoms with van der Waals surface area (Å²) < 4.78 is 40.1. The maximum Gasteiger partial charge on any atom is 0.304 e. The molecule has 0 amide bonds. The summed E-state index contributed by atoms with van der Waals surface area (Å²) in [7, 11) is 7.90. The van der Waals surface area contributed by atoms with E-state index < -0.39 is 22.7 Å². The number of hydrogen-bond donors (Lipinski definition) is 0. The summed E-state index contributed by atoms with van der Waals surface area (Å²) in [6.45, 7) is 9.00. The van der Waals surface area contributed by atoms with Crippen LogP contribution in [0.4, 0.5) is 0 Å². The summed E-state index contributed by atoms with van der Waals surface area (Å²) >= 11 is 0.782. The molecular weight excluding hydrogens is 527 g/mol. The van der Waals surface area contributed by atoms with Crippen LogP contribution < -0.4 is 12.4 Å². The summed E-state index contributed by atoms with van der Waals surface area (Å²) in [6.07, 6.45) is 15.2. The van der Waals surface area contributed by atoms with Gasteiger partial charge in [0.15, 0.2) is 0 Å². The van der Waals surface area contributed by atoms with E-state index in [1.54, 1.807) is 0 Å². The predicted molar refractivity (Wildman–Crippen MR) is 137 cm³/mol. The molecule has 0 aromatic carbocycles. The molecule has 2 heterocycles. The molecule has 0 saturated heterocycles. The van der Waals surface area contributed by atoms with E-state index >= 15 is 0 Å². The van der Waals surface area contributed by atoms with Gasteiger partial charge in [-0.25, -0.2) is 4.21 Å². The van der Waals surface area contributed by atoms with E-state index in [2.05, 4.69) is 96.5 Å². The van der Waals surface area contributed by atoms with Crippen LogP contribution in [0.2, 0.25) is 0 Å². The zero-order valence-corrected chi connectivity index (χ0v) is 24.9. The highest BCUT2D eigenvalue weighted by molar-refractivity contribution is 7.75. The van der Waals surface area contributed by atoms with Crippen molar-refractivity contribution in [3.8, 4) is 0 Å². The fraction of sp³-hybridized carbons (Fsp3) is 0.800. The van der Waals surface area contributed by atoms with Gasteiger partial charge in [-0.05, 0) is 12.8 Å². The lowest BCUT2D eigenvalue weighted by molar-refractivity contribution is -0.0000132. The van der Waals surface area contributed by atoms with Gasteiger partial charge < -0.3 is 40.7 Å². The van der Waals surface area contributed by atoms with Gasteiger partial charge in [0.2, 0.25) is 0 Å². The highest BCUT2D eigenvalue weighted by atomic mass is 35.5. The Kier molecular flexibility index (Phi) is 36.3. The summed E-state index contributed by atoms with van der Waals surface area (Å²) in [4.78, 5) is 9.05. The van der Waals surface area contributed by atoms with Gasteiger partial charge in [-0.3, -0.25) is 8.37 Å². The molecule has 0 fully saturated rings. The van der Waals surface area contributed by atoms with Crippen molar-refractivity contribution < 1.29 is 37.9 Å². The molecular formula is C20H44Cl2N4O6S2-2. The molecule has 2 aliphatic heterocycles. The Bertz CT molecular complexity index is 501. The van der Waals surface area contributed by atoms with Gasteiger partial charge >= 0.3 is 11.4 Å². The second-order valence-electron chi connectivity index (χ2n) is 6.63. The van der Waals surface area contributed by atoms with Gasteiger partial charge in [0.05, 0.1) is 46.0 Å². The molecule has 1 unspecified atom stereocenters. The first-order valence-corrected chi connectivity index (χ1v) is 13.3. The molecule has 0 N–H and O–H groups in total. The van der Waals surface area contributed by atoms with Crippen LogP contribution in [-0.4, -0.2) is 101 Å². The van der Waals surface area contributed by atoms with Crippen LogP contribution in [-0.2, 0) is 35.3 Å². The van der Waals surface area contributed by atoms with Crippen LogP contribution in [0.25, 0.3) is 0 Å². The maximum absolute atomic E-state index is 9.85. The highest BCUT2D eigenvalue weighted by Gasteiger charge is 2.06. The minimum Gasteiger partial charge on any atom is -1.00 e. The van der Waals surface area contributed by atoms with Crippen LogP contribution in [0, 0.1) is 0 Å². The first kappa shape index (κ1) is 40.6. The third-order valence-corrected chi connectivity index (χ3v) is 4.70. The Morgan fingerprint density at radius 3 is 1.26 bits per heavy atom. The first-order valence-electron chi connectivity index (χ1n) is 10.5. The Balaban J connectivity index is -0.000000177. The van der Waals surface area contributed by atoms with E-state index in [0.29, 0.717) is 0 Å². The van der Waals surface area contributed by atoms with E-state index in [1.807, 2.05) is 0 Å². The molecule has 14 heteroatoms. The van der Waals surface area contributed by atoms with E-state index in [9.17, 15) is 4.21 Å². The van der Waals surface area contributed by atoms with Crippen molar-refractivity contribution >= 4 is 34.3 Å². The van der Waals surface area contributed by atoms with Crippen LogP contribution in [0.5, 0.6) is 0 Å². The van der Waals surface area contributed by atoms with Gasteiger partial charge in [-0.2, -0.15) is 4.21 Å². The van der Waals surface area contributed by atoms with Crippen LogP contribution in [0.15, 0.2) is 24.8 Å². The fourth-order valence-corrected chi connectivity index (χ4v) is 2.39. The van der Waals surface area contributed by atoms with Crippen molar-refractivity contribution in [2.24, 2.45) is 0 Å². The number of nitrogens with zero attached hydrogens (tertiary/aromatic N) is 4. The molecule has 0 bridgehead atoms. The van der Waals surface area contributed by atoms with Crippen molar-refractivity contribution in [1.29, 1.82) is 0 Å². The quantitative estimate of drug-likeness (QED) is 0.279. The predicted octanol–water partition coefficient (Wildman–Crippen LogP) is 0.0690. The van der Waals surface area contributed by atoms with Gasteiger partial charge in [0, 0.05) is 58.4 Å². The lowest BCUT2D eigenvalue weighted by Crippen LogP contribution is -3.00.